The van der Waals surface area contributed by atoms with Gasteiger partial charge in [0, 0.05) is 21.3 Å². The first-order chi connectivity index (χ1) is 8.19. The Morgan fingerprint density at radius 2 is 2.00 bits per heavy atom. The molecule has 0 amide bonds. The predicted molar refractivity (Wildman–Crippen MR) is 77.7 cm³/mol. The lowest BCUT2D eigenvalue weighted by Crippen LogP contribution is -2.32. The fourth-order valence-electron chi connectivity index (χ4n) is 2.19. The van der Waals surface area contributed by atoms with Crippen molar-refractivity contribution in [2.75, 3.05) is 5.32 Å². The Labute approximate surface area is 116 Å². The van der Waals surface area contributed by atoms with Crippen LogP contribution in [-0.4, -0.2) is 12.1 Å². The number of hydrogen-bond acceptors (Lipinski definition) is 3. The molecule has 0 bridgehead atoms. The highest BCUT2D eigenvalue weighted by molar-refractivity contribution is 14.1. The molecule has 0 saturated heterocycles. The first-order valence-electron chi connectivity index (χ1n) is 5.91. The van der Waals surface area contributed by atoms with Gasteiger partial charge >= 0.3 is 0 Å². The van der Waals surface area contributed by atoms with Gasteiger partial charge in [-0.15, -0.1) is 0 Å². The Balaban J connectivity index is 2.05. The van der Waals surface area contributed by atoms with E-state index in [9.17, 15) is 0 Å². The number of nitrogens with two attached hydrogens (primary N) is 1. The SMILES string of the molecule is N#Cc1ccc(I)c(NC2CCC(N)CC2)c1. The highest BCUT2D eigenvalue weighted by atomic mass is 127. The Hall–Kier alpha value is -0.800. The van der Waals surface area contributed by atoms with Crippen LogP contribution in [0.3, 0.4) is 0 Å². The van der Waals surface area contributed by atoms with Crippen molar-refractivity contribution < 1.29 is 0 Å². The third kappa shape index (κ3) is 3.33. The summed E-state index contributed by atoms with van der Waals surface area (Å²) >= 11 is 2.30. The summed E-state index contributed by atoms with van der Waals surface area (Å²) in [6.07, 6.45) is 4.42. The van der Waals surface area contributed by atoms with E-state index >= 15 is 0 Å². The van der Waals surface area contributed by atoms with Gasteiger partial charge < -0.3 is 11.1 Å². The maximum Gasteiger partial charge on any atom is 0.0992 e. The van der Waals surface area contributed by atoms with Crippen LogP contribution in [0.1, 0.15) is 31.2 Å². The zero-order valence-electron chi connectivity index (χ0n) is 9.62. The molecule has 0 aromatic heterocycles. The van der Waals surface area contributed by atoms with E-state index in [2.05, 4.69) is 34.0 Å². The summed E-state index contributed by atoms with van der Waals surface area (Å²) in [6, 6.07) is 8.81. The summed E-state index contributed by atoms with van der Waals surface area (Å²) in [4.78, 5) is 0. The topological polar surface area (TPSA) is 61.8 Å². The monoisotopic (exact) mass is 341 g/mol. The molecule has 17 heavy (non-hydrogen) atoms. The molecule has 1 fully saturated rings. The normalized spacial score (nSPS) is 24.1. The largest absolute Gasteiger partial charge is 0.381 e. The van der Waals surface area contributed by atoms with Gasteiger partial charge in [0.1, 0.15) is 0 Å². The Bertz CT molecular complexity index is 431. The zero-order valence-corrected chi connectivity index (χ0v) is 11.8. The molecule has 0 unspecified atom stereocenters. The number of nitrogens with zero attached hydrogens (tertiary/aromatic N) is 1. The smallest absolute Gasteiger partial charge is 0.0992 e. The zero-order chi connectivity index (χ0) is 12.3. The molecule has 0 spiro atoms. The van der Waals surface area contributed by atoms with Gasteiger partial charge in [-0.3, -0.25) is 0 Å². The molecule has 1 aliphatic carbocycles. The van der Waals surface area contributed by atoms with Crippen LogP contribution in [0, 0.1) is 14.9 Å². The molecule has 0 atom stereocenters. The van der Waals surface area contributed by atoms with Crippen molar-refractivity contribution in [2.24, 2.45) is 5.73 Å². The molecule has 0 aliphatic heterocycles. The van der Waals surface area contributed by atoms with Gasteiger partial charge in [-0.05, 0) is 66.5 Å². The lowest BCUT2D eigenvalue weighted by Gasteiger charge is -2.28. The van der Waals surface area contributed by atoms with Crippen molar-refractivity contribution in [1.29, 1.82) is 5.26 Å². The molecule has 3 nitrogen and oxygen atoms in total. The van der Waals surface area contributed by atoms with E-state index in [1.807, 2.05) is 18.2 Å². The van der Waals surface area contributed by atoms with Crippen LogP contribution in [0.2, 0.25) is 0 Å². The fourth-order valence-corrected chi connectivity index (χ4v) is 2.68. The molecule has 2 rings (SSSR count). The molecular formula is C13H16IN3. The van der Waals surface area contributed by atoms with Crippen LogP contribution in [0.25, 0.3) is 0 Å². The summed E-state index contributed by atoms with van der Waals surface area (Å²) < 4.78 is 1.16. The van der Waals surface area contributed by atoms with Crippen LogP contribution in [0.4, 0.5) is 5.69 Å². The predicted octanol–water partition coefficient (Wildman–Crippen LogP) is 2.84. The number of hydrogen-bond donors (Lipinski definition) is 2. The van der Waals surface area contributed by atoms with E-state index in [0.29, 0.717) is 17.6 Å². The average molecular weight is 341 g/mol. The minimum atomic E-state index is 0.373. The molecule has 1 saturated carbocycles. The molecule has 0 radical (unpaired) electrons. The average Bonchev–Trinajstić information content (AvgIpc) is 2.35. The molecule has 4 heteroatoms. The Kier molecular flexibility index (Phi) is 4.24. The summed E-state index contributed by atoms with van der Waals surface area (Å²) in [5, 5.41) is 12.4. The number of benzene rings is 1. The van der Waals surface area contributed by atoms with Crippen molar-refractivity contribution >= 4 is 28.3 Å². The van der Waals surface area contributed by atoms with Gasteiger partial charge in [0.05, 0.1) is 11.6 Å². The third-order valence-corrected chi connectivity index (χ3v) is 4.17. The standard InChI is InChI=1S/C13H16IN3/c14-12-6-1-9(8-15)7-13(12)17-11-4-2-10(16)3-5-11/h1,6-7,10-11,17H,2-5,16H2. The second-order valence-corrected chi connectivity index (χ2v) is 5.72. The minimum absolute atomic E-state index is 0.373. The van der Waals surface area contributed by atoms with Crippen LogP contribution in [0.5, 0.6) is 0 Å². The first-order valence-corrected chi connectivity index (χ1v) is 6.98. The molecule has 1 aromatic carbocycles. The lowest BCUT2D eigenvalue weighted by molar-refractivity contribution is 0.411. The van der Waals surface area contributed by atoms with Crippen LogP contribution >= 0.6 is 22.6 Å². The molecular weight excluding hydrogens is 325 g/mol. The first kappa shape index (κ1) is 12.7. The number of rotatable bonds is 2. The van der Waals surface area contributed by atoms with Gasteiger partial charge in [-0.2, -0.15) is 5.26 Å². The maximum absolute atomic E-state index is 8.90. The highest BCUT2D eigenvalue weighted by Crippen LogP contribution is 2.25. The van der Waals surface area contributed by atoms with Gasteiger partial charge in [0.25, 0.3) is 0 Å². The van der Waals surface area contributed by atoms with Crippen LogP contribution in [0.15, 0.2) is 18.2 Å². The van der Waals surface area contributed by atoms with Crippen molar-refractivity contribution in [3.05, 3.63) is 27.3 Å². The number of nitriles is 1. The lowest BCUT2D eigenvalue weighted by atomic mass is 9.91. The van der Waals surface area contributed by atoms with Crippen molar-refractivity contribution in [3.8, 4) is 6.07 Å². The fraction of sp³-hybridized carbons (Fsp3) is 0.462. The Morgan fingerprint density at radius 3 is 2.65 bits per heavy atom. The van der Waals surface area contributed by atoms with Gasteiger partial charge in [0.2, 0.25) is 0 Å². The van der Waals surface area contributed by atoms with Crippen molar-refractivity contribution in [1.82, 2.24) is 0 Å². The van der Waals surface area contributed by atoms with Gasteiger partial charge in [0.15, 0.2) is 0 Å². The van der Waals surface area contributed by atoms with E-state index in [-0.39, 0.29) is 0 Å². The number of nitrogens with one attached hydrogen (secondary N) is 1. The van der Waals surface area contributed by atoms with E-state index in [1.54, 1.807) is 0 Å². The second kappa shape index (κ2) is 5.69. The molecule has 0 heterocycles. The maximum atomic E-state index is 8.90. The van der Waals surface area contributed by atoms with Gasteiger partial charge in [-0.25, -0.2) is 0 Å². The summed E-state index contributed by atoms with van der Waals surface area (Å²) in [6.45, 7) is 0. The van der Waals surface area contributed by atoms with E-state index in [1.165, 1.54) is 0 Å². The van der Waals surface area contributed by atoms with Gasteiger partial charge in [-0.1, -0.05) is 0 Å². The summed E-state index contributed by atoms with van der Waals surface area (Å²) in [5.41, 5.74) is 7.68. The third-order valence-electron chi connectivity index (χ3n) is 3.23. The molecule has 90 valence electrons. The highest BCUT2D eigenvalue weighted by Gasteiger charge is 2.18. The minimum Gasteiger partial charge on any atom is -0.381 e. The van der Waals surface area contributed by atoms with E-state index in [4.69, 9.17) is 11.0 Å². The quantitative estimate of drug-likeness (QED) is 0.813. The number of halogens is 1. The van der Waals surface area contributed by atoms with Crippen LogP contribution < -0.4 is 11.1 Å². The summed E-state index contributed by atoms with van der Waals surface area (Å²) in [7, 11) is 0. The van der Waals surface area contributed by atoms with E-state index in [0.717, 1.165) is 34.9 Å². The van der Waals surface area contributed by atoms with Crippen molar-refractivity contribution in [2.45, 2.75) is 37.8 Å². The summed E-state index contributed by atoms with van der Waals surface area (Å²) in [5.74, 6) is 0. The van der Waals surface area contributed by atoms with Crippen molar-refractivity contribution in [3.63, 3.8) is 0 Å². The molecule has 1 aliphatic rings. The van der Waals surface area contributed by atoms with E-state index < -0.39 is 0 Å². The second-order valence-electron chi connectivity index (χ2n) is 4.56. The Morgan fingerprint density at radius 1 is 1.29 bits per heavy atom. The van der Waals surface area contributed by atoms with Crippen LogP contribution in [-0.2, 0) is 0 Å². The molecule has 3 N–H and O–H groups in total. The number of anilines is 1. The molecule has 1 aromatic rings.